The maximum atomic E-state index is 12.8. The molecule has 0 amide bonds. The zero-order valence-corrected chi connectivity index (χ0v) is 14.5. The summed E-state index contributed by atoms with van der Waals surface area (Å²) in [7, 11) is -4.58. The van der Waals surface area contributed by atoms with Crippen molar-refractivity contribution >= 4 is 16.1 Å². The summed E-state index contributed by atoms with van der Waals surface area (Å²) >= 11 is 0. The Morgan fingerprint density at radius 1 is 1.32 bits per heavy atom. The van der Waals surface area contributed by atoms with Crippen molar-refractivity contribution in [3.05, 3.63) is 29.1 Å². The van der Waals surface area contributed by atoms with Gasteiger partial charge in [0, 0.05) is 0 Å². The molecule has 138 valence electrons. The number of halogens is 3. The first-order chi connectivity index (χ1) is 11.4. The van der Waals surface area contributed by atoms with Gasteiger partial charge in [-0.3, -0.25) is 4.55 Å². The van der Waals surface area contributed by atoms with Crippen molar-refractivity contribution < 1.29 is 26.1 Å². The van der Waals surface area contributed by atoms with Gasteiger partial charge in [0.1, 0.15) is 0 Å². The molecule has 25 heavy (non-hydrogen) atoms. The van der Waals surface area contributed by atoms with Crippen molar-refractivity contribution in [2.75, 3.05) is 5.73 Å². The Kier molecular flexibility index (Phi) is 4.83. The number of hydrogen-bond donors (Lipinski definition) is 2. The number of anilines is 1. The number of aryl methyl sites for hydroxylation is 1. The largest absolute Gasteiger partial charge is 0.453 e. The predicted molar refractivity (Wildman–Crippen MR) is 84.1 cm³/mol. The number of nitrogen functional groups attached to an aromatic ring is 1. The molecule has 11 heteroatoms. The van der Waals surface area contributed by atoms with Gasteiger partial charge in [-0.2, -0.15) is 31.3 Å². The molecule has 0 aliphatic carbocycles. The second kappa shape index (κ2) is 6.30. The van der Waals surface area contributed by atoms with Crippen LogP contribution in [0.3, 0.4) is 0 Å². The summed E-state index contributed by atoms with van der Waals surface area (Å²) in [5.41, 5.74) is 6.42. The molecule has 0 spiro atoms. The third-order valence-corrected chi connectivity index (χ3v) is 4.54. The van der Waals surface area contributed by atoms with Crippen LogP contribution in [0.1, 0.15) is 43.6 Å². The molecule has 0 unspecified atom stereocenters. The van der Waals surface area contributed by atoms with E-state index in [2.05, 4.69) is 10.1 Å². The summed E-state index contributed by atoms with van der Waals surface area (Å²) in [6.45, 7) is 5.26. The second-order valence-corrected chi connectivity index (χ2v) is 7.10. The maximum absolute atomic E-state index is 12.8. The van der Waals surface area contributed by atoms with Crippen LogP contribution in [-0.4, -0.2) is 27.7 Å². The van der Waals surface area contributed by atoms with Crippen LogP contribution in [0, 0.1) is 0 Å². The minimum atomic E-state index is -4.80. The minimum absolute atomic E-state index is 0.0142. The molecule has 0 atom stereocenters. The van der Waals surface area contributed by atoms with E-state index in [4.69, 9.17) is 5.73 Å². The minimum Gasteiger partial charge on any atom is -0.368 e. The molecule has 7 nitrogen and oxygen atoms in total. The molecule has 0 aliphatic rings. The lowest BCUT2D eigenvalue weighted by atomic mass is 9.97. The van der Waals surface area contributed by atoms with Crippen LogP contribution >= 0.6 is 0 Å². The van der Waals surface area contributed by atoms with Crippen LogP contribution in [0.2, 0.25) is 0 Å². The van der Waals surface area contributed by atoms with E-state index in [0.29, 0.717) is 17.5 Å². The summed E-state index contributed by atoms with van der Waals surface area (Å²) < 4.78 is 71.8. The highest BCUT2D eigenvalue weighted by molar-refractivity contribution is 7.85. The average molecular weight is 378 g/mol. The van der Waals surface area contributed by atoms with E-state index < -0.39 is 33.0 Å². The molecular formula is C14H17F3N4O3S. The first-order valence-electron chi connectivity index (χ1n) is 7.30. The Hall–Kier alpha value is -2.14. The van der Waals surface area contributed by atoms with E-state index in [1.54, 1.807) is 20.8 Å². The zero-order chi connectivity index (χ0) is 19.2. The molecular weight excluding hydrogens is 361 g/mol. The molecule has 0 aliphatic heterocycles. The lowest BCUT2D eigenvalue weighted by molar-refractivity contribution is -0.144. The number of alkyl halides is 3. The first kappa shape index (κ1) is 19.2. The monoisotopic (exact) mass is 378 g/mol. The van der Waals surface area contributed by atoms with E-state index in [-0.39, 0.29) is 11.6 Å². The third kappa shape index (κ3) is 3.76. The fourth-order valence-electron chi connectivity index (χ4n) is 2.42. The highest BCUT2D eigenvalue weighted by Crippen LogP contribution is 2.32. The van der Waals surface area contributed by atoms with Gasteiger partial charge in [0.2, 0.25) is 5.95 Å². The number of nitrogens with two attached hydrogens (primary N) is 1. The summed E-state index contributed by atoms with van der Waals surface area (Å²) in [6, 6.07) is 2.58. The number of hydrogen-bond acceptors (Lipinski definition) is 5. The highest BCUT2D eigenvalue weighted by atomic mass is 32.2. The molecule has 3 N–H and O–H groups in total. The first-order valence-corrected chi connectivity index (χ1v) is 8.74. The van der Waals surface area contributed by atoms with Crippen molar-refractivity contribution in [2.24, 2.45) is 0 Å². The highest BCUT2D eigenvalue weighted by Gasteiger charge is 2.37. The Morgan fingerprint density at radius 3 is 2.32 bits per heavy atom. The lowest BCUT2D eigenvalue weighted by Crippen LogP contribution is -2.12. The van der Waals surface area contributed by atoms with Crippen LogP contribution in [0.4, 0.5) is 19.1 Å². The van der Waals surface area contributed by atoms with Crippen molar-refractivity contribution in [3.8, 4) is 5.69 Å². The van der Waals surface area contributed by atoms with Gasteiger partial charge in [0.15, 0.2) is 0 Å². The molecule has 1 aromatic carbocycles. The normalized spacial score (nSPS) is 12.8. The van der Waals surface area contributed by atoms with Gasteiger partial charge < -0.3 is 5.73 Å². The van der Waals surface area contributed by atoms with Gasteiger partial charge in [-0.25, -0.2) is 0 Å². The average Bonchev–Trinajstić information content (AvgIpc) is 2.86. The summed E-state index contributed by atoms with van der Waals surface area (Å²) in [5, 5.41) is 3.35. The van der Waals surface area contributed by atoms with Gasteiger partial charge in [0.25, 0.3) is 15.9 Å². The number of aromatic nitrogens is 3. The predicted octanol–water partition coefficient (Wildman–Crippen LogP) is 2.80. The van der Waals surface area contributed by atoms with Crippen molar-refractivity contribution in [3.63, 3.8) is 0 Å². The molecule has 0 bridgehead atoms. The topological polar surface area (TPSA) is 111 Å². The molecule has 2 aromatic rings. The van der Waals surface area contributed by atoms with Crippen LogP contribution in [0.5, 0.6) is 0 Å². The zero-order valence-electron chi connectivity index (χ0n) is 13.7. The van der Waals surface area contributed by atoms with E-state index >= 15 is 0 Å². The Bertz CT molecular complexity index is 905. The Balaban J connectivity index is 2.83. The summed E-state index contributed by atoms with van der Waals surface area (Å²) in [4.78, 5) is 2.78. The van der Waals surface area contributed by atoms with Crippen molar-refractivity contribution in [1.82, 2.24) is 14.8 Å². The SMILES string of the molecule is CCc1cc(C(C)C)c(-n2nc(C(F)(F)F)nc2N)cc1S(=O)(=O)O. The number of rotatable bonds is 4. The van der Waals surface area contributed by atoms with Gasteiger partial charge >= 0.3 is 6.18 Å². The molecule has 1 heterocycles. The van der Waals surface area contributed by atoms with Gasteiger partial charge in [-0.05, 0) is 29.5 Å². The molecule has 1 aromatic heterocycles. The third-order valence-electron chi connectivity index (χ3n) is 3.60. The van der Waals surface area contributed by atoms with Crippen LogP contribution < -0.4 is 5.73 Å². The number of benzene rings is 1. The summed E-state index contributed by atoms with van der Waals surface area (Å²) in [5.74, 6) is -2.15. The Morgan fingerprint density at radius 2 is 1.92 bits per heavy atom. The lowest BCUT2D eigenvalue weighted by Gasteiger charge is -2.17. The fourth-order valence-corrected chi connectivity index (χ4v) is 3.21. The van der Waals surface area contributed by atoms with Gasteiger partial charge in [-0.1, -0.05) is 26.8 Å². The Labute approximate surface area is 142 Å². The molecule has 2 rings (SSSR count). The van der Waals surface area contributed by atoms with Crippen molar-refractivity contribution in [2.45, 2.75) is 44.2 Å². The maximum Gasteiger partial charge on any atom is 0.453 e. The van der Waals surface area contributed by atoms with Crippen LogP contribution in [-0.2, 0) is 22.7 Å². The van der Waals surface area contributed by atoms with Gasteiger partial charge in [-0.15, -0.1) is 5.10 Å². The van der Waals surface area contributed by atoms with Crippen LogP contribution in [0.25, 0.3) is 5.69 Å². The molecule has 0 radical (unpaired) electrons. The molecule has 0 saturated heterocycles. The van der Waals surface area contributed by atoms with Crippen molar-refractivity contribution in [1.29, 1.82) is 0 Å². The smallest absolute Gasteiger partial charge is 0.368 e. The van der Waals surface area contributed by atoms with Gasteiger partial charge in [0.05, 0.1) is 10.6 Å². The molecule has 0 saturated carbocycles. The number of nitrogens with zero attached hydrogens (tertiary/aromatic N) is 3. The van der Waals surface area contributed by atoms with E-state index in [1.807, 2.05) is 0 Å². The fraction of sp³-hybridized carbons (Fsp3) is 0.429. The van der Waals surface area contributed by atoms with E-state index in [0.717, 1.165) is 10.7 Å². The molecule has 0 fully saturated rings. The quantitative estimate of drug-likeness (QED) is 0.792. The van der Waals surface area contributed by atoms with E-state index in [9.17, 15) is 26.1 Å². The second-order valence-electron chi connectivity index (χ2n) is 5.71. The summed E-state index contributed by atoms with van der Waals surface area (Å²) in [6.07, 6.45) is -4.50. The van der Waals surface area contributed by atoms with E-state index in [1.165, 1.54) is 6.07 Å². The van der Waals surface area contributed by atoms with Crippen LogP contribution in [0.15, 0.2) is 17.0 Å². The standard InChI is InChI=1S/C14H17F3N4O3S/c1-4-8-5-9(7(2)3)10(6-11(8)25(22,23)24)21-13(18)19-12(20-21)14(15,16)17/h5-7H,4H2,1-3H3,(H2,18,19,20)(H,22,23,24).